The van der Waals surface area contributed by atoms with Crippen LogP contribution in [0.25, 0.3) is 5.57 Å². The van der Waals surface area contributed by atoms with E-state index in [-0.39, 0.29) is 0 Å². The fourth-order valence-corrected chi connectivity index (χ4v) is 1.91. The second-order valence-corrected chi connectivity index (χ2v) is 4.03. The zero-order valence-electron chi connectivity index (χ0n) is 10.0. The van der Waals surface area contributed by atoms with Gasteiger partial charge in [-0.05, 0) is 36.0 Å². The zero-order valence-corrected chi connectivity index (χ0v) is 10.0. The van der Waals surface area contributed by atoms with Crippen molar-refractivity contribution in [1.29, 1.82) is 0 Å². The highest BCUT2D eigenvalue weighted by Gasteiger charge is 2.12. The van der Waals surface area contributed by atoms with E-state index in [0.29, 0.717) is 5.56 Å². The van der Waals surface area contributed by atoms with Crippen LogP contribution in [0.1, 0.15) is 15.9 Å². The van der Waals surface area contributed by atoms with Crippen molar-refractivity contribution in [2.75, 3.05) is 20.7 Å². The topological polar surface area (TPSA) is 29.5 Å². The summed E-state index contributed by atoms with van der Waals surface area (Å²) in [5.74, 6) is 0.797. The zero-order chi connectivity index (χ0) is 12.3. The molecule has 0 N–H and O–H groups in total. The Morgan fingerprint density at radius 1 is 1.41 bits per heavy atom. The number of ether oxygens (including phenoxy) is 1. The Balaban J connectivity index is 2.45. The fourth-order valence-electron chi connectivity index (χ4n) is 1.91. The normalized spacial score (nSPS) is 14.5. The summed E-state index contributed by atoms with van der Waals surface area (Å²) < 4.78 is 5.33. The van der Waals surface area contributed by atoms with Gasteiger partial charge in [0.2, 0.25) is 0 Å². The van der Waals surface area contributed by atoms with Crippen LogP contribution in [0, 0.1) is 0 Å². The molecular formula is C14H15NO2. The predicted octanol–water partition coefficient (Wildman–Crippen LogP) is 2.35. The molecule has 0 aliphatic carbocycles. The number of allylic oxidation sites excluding steroid dienone is 2. The lowest BCUT2D eigenvalue weighted by atomic mass is 10.00. The molecule has 1 aromatic rings. The SMILES string of the molecule is COc1ccc(C=O)cc1C1=CC=CN(C)C1. The number of methoxy groups -OCH3 is 1. The molecular weight excluding hydrogens is 214 g/mol. The predicted molar refractivity (Wildman–Crippen MR) is 68.1 cm³/mol. The van der Waals surface area contributed by atoms with Gasteiger partial charge in [0.1, 0.15) is 12.0 Å². The molecule has 0 unspecified atom stereocenters. The molecule has 0 saturated heterocycles. The van der Waals surface area contributed by atoms with Gasteiger partial charge in [0, 0.05) is 24.7 Å². The van der Waals surface area contributed by atoms with Crippen molar-refractivity contribution in [1.82, 2.24) is 4.90 Å². The first-order valence-corrected chi connectivity index (χ1v) is 5.46. The monoisotopic (exact) mass is 229 g/mol. The van der Waals surface area contributed by atoms with Gasteiger partial charge in [0.15, 0.2) is 0 Å². The van der Waals surface area contributed by atoms with Crippen molar-refractivity contribution < 1.29 is 9.53 Å². The van der Waals surface area contributed by atoms with Crippen LogP contribution >= 0.6 is 0 Å². The Kier molecular flexibility index (Phi) is 3.28. The van der Waals surface area contributed by atoms with Gasteiger partial charge in [-0.15, -0.1) is 0 Å². The Labute approximate surface area is 101 Å². The van der Waals surface area contributed by atoms with Crippen LogP contribution in [0.5, 0.6) is 5.75 Å². The second kappa shape index (κ2) is 4.87. The van der Waals surface area contributed by atoms with Crippen LogP contribution < -0.4 is 4.74 Å². The molecule has 0 fully saturated rings. The van der Waals surface area contributed by atoms with Gasteiger partial charge in [-0.1, -0.05) is 6.08 Å². The molecule has 0 spiro atoms. The Hall–Kier alpha value is -2.03. The minimum absolute atomic E-state index is 0.666. The summed E-state index contributed by atoms with van der Waals surface area (Å²) in [4.78, 5) is 12.9. The van der Waals surface area contributed by atoms with Crippen molar-refractivity contribution in [3.63, 3.8) is 0 Å². The molecule has 1 aliphatic heterocycles. The van der Waals surface area contributed by atoms with E-state index in [0.717, 1.165) is 29.7 Å². The molecule has 0 aromatic heterocycles. The van der Waals surface area contributed by atoms with Crippen LogP contribution in [0.15, 0.2) is 36.6 Å². The number of hydrogen-bond acceptors (Lipinski definition) is 3. The number of likely N-dealkylation sites (N-methyl/N-ethyl adjacent to an activating group) is 1. The minimum Gasteiger partial charge on any atom is -0.496 e. The maximum absolute atomic E-state index is 10.8. The van der Waals surface area contributed by atoms with Gasteiger partial charge in [-0.3, -0.25) is 4.79 Å². The molecule has 2 rings (SSSR count). The van der Waals surface area contributed by atoms with Gasteiger partial charge < -0.3 is 9.64 Å². The standard InChI is InChI=1S/C14H15NO2/c1-15-7-3-4-12(9-15)13-8-11(10-16)5-6-14(13)17-2/h3-8,10H,9H2,1-2H3. The van der Waals surface area contributed by atoms with Gasteiger partial charge in [0.05, 0.1) is 7.11 Å². The minimum atomic E-state index is 0.666. The summed E-state index contributed by atoms with van der Waals surface area (Å²) in [6.45, 7) is 0.815. The molecule has 3 nitrogen and oxygen atoms in total. The van der Waals surface area contributed by atoms with Gasteiger partial charge in [-0.2, -0.15) is 0 Å². The van der Waals surface area contributed by atoms with Gasteiger partial charge in [0.25, 0.3) is 0 Å². The van der Waals surface area contributed by atoms with E-state index >= 15 is 0 Å². The van der Waals surface area contributed by atoms with Gasteiger partial charge >= 0.3 is 0 Å². The number of carbonyl (C=O) groups excluding carboxylic acids is 1. The number of benzene rings is 1. The van der Waals surface area contributed by atoms with E-state index in [9.17, 15) is 4.79 Å². The summed E-state index contributed by atoms with van der Waals surface area (Å²) in [6, 6.07) is 5.46. The lowest BCUT2D eigenvalue weighted by molar-refractivity contribution is 0.112. The molecule has 1 aliphatic rings. The smallest absolute Gasteiger partial charge is 0.150 e. The summed E-state index contributed by atoms with van der Waals surface area (Å²) >= 11 is 0. The van der Waals surface area contributed by atoms with Crippen LogP contribution in [0.2, 0.25) is 0 Å². The molecule has 0 atom stereocenters. The van der Waals surface area contributed by atoms with Gasteiger partial charge in [-0.25, -0.2) is 0 Å². The molecule has 88 valence electrons. The number of carbonyl (C=O) groups is 1. The van der Waals surface area contributed by atoms with Crippen molar-refractivity contribution >= 4 is 11.9 Å². The third kappa shape index (κ3) is 2.38. The molecule has 3 heteroatoms. The fraction of sp³-hybridized carbons (Fsp3) is 0.214. The van der Waals surface area contributed by atoms with Crippen LogP contribution in [0.3, 0.4) is 0 Å². The molecule has 1 heterocycles. The summed E-state index contributed by atoms with van der Waals surface area (Å²) in [7, 11) is 3.65. The van der Waals surface area contributed by atoms with E-state index in [4.69, 9.17) is 4.74 Å². The largest absolute Gasteiger partial charge is 0.496 e. The van der Waals surface area contributed by atoms with Crippen LogP contribution in [0.4, 0.5) is 0 Å². The number of hydrogen-bond donors (Lipinski definition) is 0. The van der Waals surface area contributed by atoms with Crippen molar-refractivity contribution in [2.24, 2.45) is 0 Å². The first-order valence-electron chi connectivity index (χ1n) is 5.46. The summed E-state index contributed by atoms with van der Waals surface area (Å²) in [6.07, 6.45) is 6.91. The maximum Gasteiger partial charge on any atom is 0.150 e. The first-order chi connectivity index (χ1) is 8.24. The molecule has 0 bridgehead atoms. The van der Waals surface area contributed by atoms with Crippen LogP contribution in [-0.2, 0) is 0 Å². The first kappa shape index (κ1) is 11.5. The number of rotatable bonds is 3. The molecule has 0 saturated carbocycles. The Bertz CT molecular complexity index is 489. The lowest BCUT2D eigenvalue weighted by Gasteiger charge is -2.21. The van der Waals surface area contributed by atoms with Crippen molar-refractivity contribution in [2.45, 2.75) is 0 Å². The van der Waals surface area contributed by atoms with Crippen molar-refractivity contribution in [3.05, 3.63) is 47.7 Å². The highest BCUT2D eigenvalue weighted by molar-refractivity contribution is 5.81. The second-order valence-electron chi connectivity index (χ2n) is 4.03. The van der Waals surface area contributed by atoms with Crippen molar-refractivity contribution in [3.8, 4) is 5.75 Å². The summed E-state index contributed by atoms with van der Waals surface area (Å²) in [5, 5.41) is 0. The molecule has 0 radical (unpaired) electrons. The third-order valence-corrected chi connectivity index (χ3v) is 2.76. The molecule has 1 aromatic carbocycles. The summed E-state index contributed by atoms with van der Waals surface area (Å²) in [5.41, 5.74) is 2.79. The van der Waals surface area contributed by atoms with E-state index < -0.39 is 0 Å². The third-order valence-electron chi connectivity index (χ3n) is 2.76. The van der Waals surface area contributed by atoms with E-state index in [1.54, 1.807) is 13.2 Å². The van der Waals surface area contributed by atoms with Crippen LogP contribution in [-0.4, -0.2) is 31.9 Å². The molecule has 17 heavy (non-hydrogen) atoms. The number of aldehydes is 1. The maximum atomic E-state index is 10.8. The number of nitrogens with zero attached hydrogens (tertiary/aromatic N) is 1. The highest BCUT2D eigenvalue weighted by Crippen LogP contribution is 2.28. The van der Waals surface area contributed by atoms with E-state index in [1.165, 1.54) is 0 Å². The quantitative estimate of drug-likeness (QED) is 0.745. The Morgan fingerprint density at radius 3 is 2.88 bits per heavy atom. The Morgan fingerprint density at radius 2 is 2.24 bits per heavy atom. The molecule has 0 amide bonds. The highest BCUT2D eigenvalue weighted by atomic mass is 16.5. The van der Waals surface area contributed by atoms with E-state index in [1.807, 2.05) is 37.5 Å². The average molecular weight is 229 g/mol. The average Bonchev–Trinajstić information content (AvgIpc) is 2.38. The lowest BCUT2D eigenvalue weighted by Crippen LogP contribution is -2.16. The van der Waals surface area contributed by atoms with E-state index in [2.05, 4.69) is 4.90 Å².